The number of benzene rings is 1. The van der Waals surface area contributed by atoms with E-state index in [1.54, 1.807) is 13.0 Å². The lowest BCUT2D eigenvalue weighted by molar-refractivity contribution is -0.136. The van der Waals surface area contributed by atoms with Gasteiger partial charge < -0.3 is 19.3 Å². The van der Waals surface area contributed by atoms with E-state index in [0.717, 1.165) is 16.5 Å². The van der Waals surface area contributed by atoms with Gasteiger partial charge in [-0.1, -0.05) is 23.4 Å². The number of aromatic nitrogens is 2. The van der Waals surface area contributed by atoms with Crippen LogP contribution >= 0.6 is 0 Å². The molecule has 0 aliphatic carbocycles. The van der Waals surface area contributed by atoms with Crippen molar-refractivity contribution in [2.24, 2.45) is 7.05 Å². The molecule has 0 aliphatic heterocycles. The first-order valence-corrected chi connectivity index (χ1v) is 8.59. The maximum absolute atomic E-state index is 12.2. The van der Waals surface area contributed by atoms with Gasteiger partial charge in [-0.15, -0.1) is 0 Å². The molecule has 8 nitrogen and oxygen atoms in total. The Morgan fingerprint density at radius 3 is 2.67 bits per heavy atom. The van der Waals surface area contributed by atoms with Crippen LogP contribution in [0.5, 0.6) is 0 Å². The number of hydrogen-bond donors (Lipinski definition) is 2. The summed E-state index contributed by atoms with van der Waals surface area (Å²) in [6, 6.07) is 9.56. The molecule has 0 aliphatic rings. The second-order valence-electron chi connectivity index (χ2n) is 6.68. The third-order valence-corrected chi connectivity index (χ3v) is 4.44. The van der Waals surface area contributed by atoms with Gasteiger partial charge in [0.1, 0.15) is 5.76 Å². The smallest absolute Gasteiger partial charge is 0.314 e. The SMILES string of the molecule is Cc1cc(NC(=O)C(=O)NCC(c2cn(C)c3ccccc23)N(C)C)no1. The molecule has 0 fully saturated rings. The monoisotopic (exact) mass is 369 g/mol. The summed E-state index contributed by atoms with van der Waals surface area (Å²) in [6.45, 7) is 2.00. The van der Waals surface area contributed by atoms with E-state index in [9.17, 15) is 9.59 Å². The quantitative estimate of drug-likeness (QED) is 0.670. The number of para-hydroxylation sites is 1. The van der Waals surface area contributed by atoms with E-state index >= 15 is 0 Å². The second kappa shape index (κ2) is 7.63. The maximum atomic E-state index is 12.2. The number of amides is 2. The molecular formula is C19H23N5O3. The highest BCUT2D eigenvalue weighted by atomic mass is 16.5. The van der Waals surface area contributed by atoms with E-state index < -0.39 is 11.8 Å². The van der Waals surface area contributed by atoms with Crippen LogP contribution in [-0.4, -0.2) is 47.1 Å². The molecule has 2 N–H and O–H groups in total. The Bertz CT molecular complexity index is 973. The highest BCUT2D eigenvalue weighted by molar-refractivity contribution is 6.39. The van der Waals surface area contributed by atoms with Crippen molar-refractivity contribution in [2.45, 2.75) is 13.0 Å². The molecule has 0 saturated heterocycles. The van der Waals surface area contributed by atoms with Crippen LogP contribution in [0.25, 0.3) is 10.9 Å². The van der Waals surface area contributed by atoms with Crippen LogP contribution in [0.1, 0.15) is 17.4 Å². The van der Waals surface area contributed by atoms with E-state index in [-0.39, 0.29) is 11.9 Å². The van der Waals surface area contributed by atoms with Crippen LogP contribution in [0, 0.1) is 6.92 Å². The molecule has 1 atom stereocenters. The molecule has 27 heavy (non-hydrogen) atoms. The van der Waals surface area contributed by atoms with E-state index in [0.29, 0.717) is 12.3 Å². The van der Waals surface area contributed by atoms with Crippen LogP contribution < -0.4 is 10.6 Å². The Morgan fingerprint density at radius 1 is 1.26 bits per heavy atom. The zero-order chi connectivity index (χ0) is 19.6. The molecule has 2 amide bonds. The maximum Gasteiger partial charge on any atom is 0.314 e. The Labute approximate surface area is 157 Å². The number of anilines is 1. The van der Waals surface area contributed by atoms with Gasteiger partial charge in [-0.05, 0) is 32.6 Å². The molecule has 3 rings (SSSR count). The number of carbonyl (C=O) groups excluding carboxylic acids is 2. The van der Waals surface area contributed by atoms with Crippen molar-refractivity contribution in [1.29, 1.82) is 0 Å². The first kappa shape index (κ1) is 18.7. The molecule has 0 saturated carbocycles. The number of carbonyl (C=O) groups is 2. The average Bonchev–Trinajstić information content (AvgIpc) is 3.18. The molecule has 0 spiro atoms. The third-order valence-electron chi connectivity index (χ3n) is 4.44. The van der Waals surface area contributed by atoms with Crippen molar-refractivity contribution in [1.82, 2.24) is 19.9 Å². The standard InChI is InChI=1S/C19H23N5O3/c1-12-9-17(22-27-12)21-19(26)18(25)20-10-16(23(2)3)14-11-24(4)15-8-6-5-7-13(14)15/h5-9,11,16H,10H2,1-4H3,(H,20,25)(H,21,22,26). The molecule has 0 bridgehead atoms. The fourth-order valence-corrected chi connectivity index (χ4v) is 3.08. The van der Waals surface area contributed by atoms with E-state index in [1.807, 2.05) is 38.2 Å². The van der Waals surface area contributed by atoms with Crippen molar-refractivity contribution in [2.75, 3.05) is 26.0 Å². The second-order valence-corrected chi connectivity index (χ2v) is 6.68. The van der Waals surface area contributed by atoms with Crippen LogP contribution in [0.3, 0.4) is 0 Å². The Morgan fingerprint density at radius 2 is 2.00 bits per heavy atom. The third kappa shape index (κ3) is 4.01. The van der Waals surface area contributed by atoms with E-state index in [2.05, 4.69) is 38.7 Å². The van der Waals surface area contributed by atoms with Crippen molar-refractivity contribution in [3.05, 3.63) is 47.9 Å². The normalized spacial score (nSPS) is 12.3. The van der Waals surface area contributed by atoms with Crippen molar-refractivity contribution in [3.63, 3.8) is 0 Å². The van der Waals surface area contributed by atoms with Gasteiger partial charge in [0.15, 0.2) is 5.82 Å². The van der Waals surface area contributed by atoms with Crippen molar-refractivity contribution in [3.8, 4) is 0 Å². The zero-order valence-electron chi connectivity index (χ0n) is 15.8. The minimum Gasteiger partial charge on any atom is -0.360 e. The first-order valence-electron chi connectivity index (χ1n) is 8.59. The summed E-state index contributed by atoms with van der Waals surface area (Å²) in [5, 5.41) is 9.89. The molecule has 2 aromatic heterocycles. The summed E-state index contributed by atoms with van der Waals surface area (Å²) in [5.41, 5.74) is 2.20. The number of likely N-dealkylation sites (N-methyl/N-ethyl adjacent to an activating group) is 1. The molecule has 3 aromatic rings. The fraction of sp³-hybridized carbons (Fsp3) is 0.316. The summed E-state index contributed by atoms with van der Waals surface area (Å²) < 4.78 is 6.93. The Kier molecular flexibility index (Phi) is 5.27. The molecule has 1 unspecified atom stereocenters. The summed E-state index contributed by atoms with van der Waals surface area (Å²) >= 11 is 0. The fourth-order valence-electron chi connectivity index (χ4n) is 3.08. The Hall–Kier alpha value is -3.13. The number of fused-ring (bicyclic) bond motifs is 1. The van der Waals surface area contributed by atoms with Gasteiger partial charge in [0.2, 0.25) is 0 Å². The topological polar surface area (TPSA) is 92.4 Å². The van der Waals surface area contributed by atoms with Gasteiger partial charge in [0.25, 0.3) is 0 Å². The van der Waals surface area contributed by atoms with Gasteiger partial charge in [0.05, 0.1) is 6.04 Å². The Balaban J connectivity index is 1.71. The van der Waals surface area contributed by atoms with Gasteiger partial charge >= 0.3 is 11.8 Å². The minimum atomic E-state index is -0.779. The lowest BCUT2D eigenvalue weighted by atomic mass is 10.0. The number of nitrogens with zero attached hydrogens (tertiary/aromatic N) is 3. The largest absolute Gasteiger partial charge is 0.360 e. The van der Waals surface area contributed by atoms with E-state index in [4.69, 9.17) is 4.52 Å². The molecule has 0 radical (unpaired) electrons. The van der Waals surface area contributed by atoms with Gasteiger partial charge in [-0.25, -0.2) is 0 Å². The molecule has 1 aromatic carbocycles. The molecular weight excluding hydrogens is 346 g/mol. The summed E-state index contributed by atoms with van der Waals surface area (Å²) in [5.74, 6) is -0.735. The highest BCUT2D eigenvalue weighted by Crippen LogP contribution is 2.28. The first-order chi connectivity index (χ1) is 12.9. The van der Waals surface area contributed by atoms with Gasteiger partial charge in [-0.2, -0.15) is 0 Å². The number of rotatable bonds is 5. The predicted molar refractivity (Wildman–Crippen MR) is 102 cm³/mol. The lowest BCUT2D eigenvalue weighted by Crippen LogP contribution is -2.40. The number of hydrogen-bond acceptors (Lipinski definition) is 5. The average molecular weight is 369 g/mol. The van der Waals surface area contributed by atoms with Crippen molar-refractivity contribution >= 4 is 28.5 Å². The summed E-state index contributed by atoms with van der Waals surface area (Å²) in [6.07, 6.45) is 2.06. The van der Waals surface area contributed by atoms with Crippen LogP contribution in [0.2, 0.25) is 0 Å². The zero-order valence-corrected chi connectivity index (χ0v) is 15.8. The molecule has 8 heteroatoms. The van der Waals surface area contributed by atoms with Crippen molar-refractivity contribution < 1.29 is 14.1 Å². The number of nitrogens with one attached hydrogen (secondary N) is 2. The van der Waals surface area contributed by atoms with Crippen LogP contribution in [-0.2, 0) is 16.6 Å². The van der Waals surface area contributed by atoms with Crippen LogP contribution in [0.4, 0.5) is 5.82 Å². The number of aryl methyl sites for hydroxylation is 2. The van der Waals surface area contributed by atoms with E-state index in [1.165, 1.54) is 0 Å². The summed E-state index contributed by atoms with van der Waals surface area (Å²) in [7, 11) is 5.87. The van der Waals surface area contributed by atoms with Gasteiger partial charge in [0, 0.05) is 36.8 Å². The molecule has 2 heterocycles. The highest BCUT2D eigenvalue weighted by Gasteiger charge is 2.22. The molecule has 142 valence electrons. The predicted octanol–water partition coefficient (Wildman–Crippen LogP) is 1.83. The van der Waals surface area contributed by atoms with Crippen LogP contribution in [0.15, 0.2) is 41.1 Å². The lowest BCUT2D eigenvalue weighted by Gasteiger charge is -2.24. The summed E-state index contributed by atoms with van der Waals surface area (Å²) in [4.78, 5) is 26.2. The minimum absolute atomic E-state index is 0.0813. The van der Waals surface area contributed by atoms with Gasteiger partial charge in [-0.3, -0.25) is 14.9 Å².